The number of hydrogen-bond acceptors (Lipinski definition) is 7. The molecule has 3 rings (SSSR count). The van der Waals surface area contributed by atoms with Gasteiger partial charge in [0.2, 0.25) is 5.95 Å². The van der Waals surface area contributed by atoms with Crippen molar-refractivity contribution in [1.82, 2.24) is 14.9 Å². The van der Waals surface area contributed by atoms with E-state index in [0.717, 1.165) is 11.3 Å². The lowest BCUT2D eigenvalue weighted by molar-refractivity contribution is 0.0220. The Morgan fingerprint density at radius 2 is 1.89 bits per heavy atom. The Bertz CT molecular complexity index is 982. The molecule has 0 spiro atoms. The van der Waals surface area contributed by atoms with E-state index in [-0.39, 0.29) is 11.0 Å². The number of aromatic nitrogens is 2. The number of anilines is 2. The van der Waals surface area contributed by atoms with Crippen molar-refractivity contribution in [1.29, 1.82) is 0 Å². The van der Waals surface area contributed by atoms with Gasteiger partial charge in [0.15, 0.2) is 9.84 Å². The molecule has 9 heteroatoms. The maximum atomic E-state index is 12.3. The van der Waals surface area contributed by atoms with E-state index in [2.05, 4.69) is 15.3 Å². The van der Waals surface area contributed by atoms with Gasteiger partial charge in [-0.25, -0.2) is 23.2 Å². The van der Waals surface area contributed by atoms with Gasteiger partial charge in [-0.3, -0.25) is 0 Å². The molecule has 2 aromatic rings. The van der Waals surface area contributed by atoms with Gasteiger partial charge in [-0.05, 0) is 57.0 Å². The molecule has 150 valence electrons. The smallest absolute Gasteiger partial charge is 0.410 e. The zero-order valence-electron chi connectivity index (χ0n) is 16.4. The molecule has 1 N–H and O–H groups in total. The summed E-state index contributed by atoms with van der Waals surface area (Å²) in [5.41, 5.74) is 1.89. The Kier molecular flexibility index (Phi) is 5.29. The second-order valence-corrected chi connectivity index (χ2v) is 9.75. The van der Waals surface area contributed by atoms with Crippen molar-refractivity contribution < 1.29 is 17.9 Å². The maximum Gasteiger partial charge on any atom is 0.410 e. The van der Waals surface area contributed by atoms with Crippen LogP contribution < -0.4 is 5.32 Å². The van der Waals surface area contributed by atoms with Gasteiger partial charge in [-0.15, -0.1) is 0 Å². The Morgan fingerprint density at radius 3 is 2.50 bits per heavy atom. The number of benzene rings is 1. The number of rotatable bonds is 3. The van der Waals surface area contributed by atoms with Gasteiger partial charge in [0.25, 0.3) is 0 Å². The monoisotopic (exact) mass is 404 g/mol. The molecular weight excluding hydrogens is 380 g/mol. The predicted molar refractivity (Wildman–Crippen MR) is 105 cm³/mol. The van der Waals surface area contributed by atoms with Gasteiger partial charge in [-0.2, -0.15) is 0 Å². The van der Waals surface area contributed by atoms with Crippen LogP contribution in [-0.4, -0.2) is 47.8 Å². The van der Waals surface area contributed by atoms with Crippen molar-refractivity contribution >= 4 is 27.6 Å². The summed E-state index contributed by atoms with van der Waals surface area (Å²) < 4.78 is 28.5. The minimum absolute atomic E-state index is 0.248. The van der Waals surface area contributed by atoms with E-state index < -0.39 is 15.4 Å². The van der Waals surface area contributed by atoms with Crippen molar-refractivity contribution in [2.75, 3.05) is 18.1 Å². The molecule has 0 aliphatic carbocycles. The average molecular weight is 404 g/mol. The summed E-state index contributed by atoms with van der Waals surface area (Å²) >= 11 is 0. The Morgan fingerprint density at radius 1 is 1.21 bits per heavy atom. The molecular formula is C19H24N4O4S. The van der Waals surface area contributed by atoms with Crippen molar-refractivity contribution in [3.63, 3.8) is 0 Å². The number of nitrogens with one attached hydrogen (secondary N) is 1. The minimum Gasteiger partial charge on any atom is -0.444 e. The molecule has 1 aliphatic heterocycles. The molecule has 2 heterocycles. The Labute approximate surface area is 164 Å². The van der Waals surface area contributed by atoms with Crippen LogP contribution in [0.5, 0.6) is 0 Å². The molecule has 0 fully saturated rings. The molecule has 28 heavy (non-hydrogen) atoms. The molecule has 1 amide bonds. The maximum absolute atomic E-state index is 12.3. The molecule has 0 saturated heterocycles. The van der Waals surface area contributed by atoms with E-state index in [1.54, 1.807) is 23.2 Å². The number of hydrogen-bond donors (Lipinski definition) is 1. The number of ether oxygens (including phenoxy) is 1. The van der Waals surface area contributed by atoms with Crippen LogP contribution in [0, 0.1) is 0 Å². The normalized spacial score (nSPS) is 14.4. The average Bonchev–Trinajstić information content (AvgIpc) is 2.59. The van der Waals surface area contributed by atoms with E-state index in [1.807, 2.05) is 20.8 Å². The van der Waals surface area contributed by atoms with Crippen LogP contribution in [0.1, 0.15) is 32.0 Å². The number of amides is 1. The minimum atomic E-state index is -3.24. The van der Waals surface area contributed by atoms with Crippen LogP contribution in [0.2, 0.25) is 0 Å². The highest BCUT2D eigenvalue weighted by Crippen LogP contribution is 2.22. The first kappa shape index (κ1) is 20.1. The summed E-state index contributed by atoms with van der Waals surface area (Å²) in [6, 6.07) is 6.37. The summed E-state index contributed by atoms with van der Waals surface area (Å²) in [5, 5.41) is 3.06. The zero-order valence-corrected chi connectivity index (χ0v) is 17.2. The fourth-order valence-corrected chi connectivity index (χ4v) is 3.39. The quantitative estimate of drug-likeness (QED) is 0.839. The highest BCUT2D eigenvalue weighted by molar-refractivity contribution is 7.90. The molecule has 8 nitrogen and oxygen atoms in total. The van der Waals surface area contributed by atoms with Crippen LogP contribution in [0.4, 0.5) is 16.4 Å². The van der Waals surface area contributed by atoms with Crippen molar-refractivity contribution in [2.45, 2.75) is 44.2 Å². The van der Waals surface area contributed by atoms with Crippen molar-refractivity contribution in [3.05, 3.63) is 41.7 Å². The van der Waals surface area contributed by atoms with Gasteiger partial charge in [-0.1, -0.05) is 0 Å². The molecule has 0 saturated carbocycles. The summed E-state index contributed by atoms with van der Waals surface area (Å²) in [6.45, 7) is 6.42. The first-order valence-corrected chi connectivity index (χ1v) is 10.8. The second-order valence-electron chi connectivity index (χ2n) is 7.74. The fraction of sp³-hybridized carbons (Fsp3) is 0.421. The lowest BCUT2D eigenvalue weighted by Gasteiger charge is -2.30. The second kappa shape index (κ2) is 7.38. The lowest BCUT2D eigenvalue weighted by atomic mass is 10.1. The number of carbonyl (C=O) groups excluding carboxylic acids is 1. The first-order valence-electron chi connectivity index (χ1n) is 8.91. The Balaban J connectivity index is 1.73. The van der Waals surface area contributed by atoms with Gasteiger partial charge >= 0.3 is 6.09 Å². The highest BCUT2D eigenvalue weighted by atomic mass is 32.2. The third kappa shape index (κ3) is 4.98. The van der Waals surface area contributed by atoms with Crippen LogP contribution in [0.3, 0.4) is 0 Å². The molecule has 0 bridgehead atoms. The van der Waals surface area contributed by atoms with E-state index in [1.165, 1.54) is 18.4 Å². The lowest BCUT2D eigenvalue weighted by Crippen LogP contribution is -2.40. The topological polar surface area (TPSA) is 101 Å². The van der Waals surface area contributed by atoms with Gasteiger partial charge < -0.3 is 15.0 Å². The molecule has 0 atom stereocenters. The fourth-order valence-electron chi connectivity index (χ4n) is 2.76. The van der Waals surface area contributed by atoms with Crippen molar-refractivity contribution in [2.24, 2.45) is 0 Å². The molecule has 0 unspecified atom stereocenters. The SMILES string of the molecule is CC(C)(C)OC(=O)N1CCc2cnc(Nc3ccc(S(C)(=O)=O)cc3)nc2C1. The number of carbonyl (C=O) groups is 1. The van der Waals surface area contributed by atoms with E-state index in [9.17, 15) is 13.2 Å². The largest absolute Gasteiger partial charge is 0.444 e. The van der Waals surface area contributed by atoms with E-state index in [4.69, 9.17) is 4.74 Å². The Hall–Kier alpha value is -2.68. The third-order valence-corrected chi connectivity index (χ3v) is 5.26. The van der Waals surface area contributed by atoms with Gasteiger partial charge in [0.1, 0.15) is 5.60 Å². The molecule has 0 radical (unpaired) electrons. The third-order valence-electron chi connectivity index (χ3n) is 4.14. The highest BCUT2D eigenvalue weighted by Gasteiger charge is 2.26. The van der Waals surface area contributed by atoms with Crippen LogP contribution >= 0.6 is 0 Å². The summed E-state index contributed by atoms with van der Waals surface area (Å²) in [4.78, 5) is 23.0. The van der Waals surface area contributed by atoms with Crippen LogP contribution in [0.15, 0.2) is 35.4 Å². The van der Waals surface area contributed by atoms with Gasteiger partial charge in [0.05, 0.1) is 17.1 Å². The van der Waals surface area contributed by atoms with Gasteiger partial charge in [0, 0.05) is 24.7 Å². The van der Waals surface area contributed by atoms with E-state index >= 15 is 0 Å². The molecule has 1 aromatic carbocycles. The molecule has 1 aliphatic rings. The van der Waals surface area contributed by atoms with E-state index in [0.29, 0.717) is 31.1 Å². The van der Waals surface area contributed by atoms with Crippen LogP contribution in [0.25, 0.3) is 0 Å². The number of sulfone groups is 1. The summed E-state index contributed by atoms with van der Waals surface area (Å²) in [6.07, 6.45) is 3.22. The number of nitrogens with zero attached hydrogens (tertiary/aromatic N) is 3. The summed E-state index contributed by atoms with van der Waals surface area (Å²) in [7, 11) is -3.24. The molecule has 1 aromatic heterocycles. The predicted octanol–water partition coefficient (Wildman–Crippen LogP) is 2.92. The first-order chi connectivity index (χ1) is 13.0. The van der Waals surface area contributed by atoms with Crippen molar-refractivity contribution in [3.8, 4) is 0 Å². The standard InChI is InChI=1S/C19H24N4O4S/c1-19(2,3)27-18(24)23-10-9-13-11-20-17(22-16(13)12-23)21-14-5-7-15(8-6-14)28(4,25)26/h5-8,11H,9-10,12H2,1-4H3,(H,20,21,22). The summed E-state index contributed by atoms with van der Waals surface area (Å²) in [5.74, 6) is 0.386. The van der Waals surface area contributed by atoms with Crippen LogP contribution in [-0.2, 0) is 27.5 Å². The zero-order chi connectivity index (χ0) is 20.5. The number of fused-ring (bicyclic) bond motifs is 1.